The molecule has 134 valence electrons. The second kappa shape index (κ2) is 10.4. The van der Waals surface area contributed by atoms with Crippen molar-refractivity contribution in [3.05, 3.63) is 35.9 Å². The molecule has 0 saturated carbocycles. The molecule has 2 aromatic heterocycles. The Morgan fingerprint density at radius 1 is 1.44 bits per heavy atom. The van der Waals surface area contributed by atoms with Gasteiger partial charge in [-0.2, -0.15) is 17.0 Å². The van der Waals surface area contributed by atoms with Gasteiger partial charge in [-0.3, -0.25) is 10.3 Å². The van der Waals surface area contributed by atoms with Crippen LogP contribution in [0.2, 0.25) is 0 Å². The standard InChI is InChI=1S/C16H24N8S/c1-12(25-8-15-13(2)22-11-24-15)6-20-16(21-9-17)19-5-3-4-14-7-18-10-23-14/h7,10-12H,3-6,8H2,1-2H3,(H,18,23)(H,22,24)(H2,19,20,21)/t12-/m1/s1. The fourth-order valence-electron chi connectivity index (χ4n) is 2.12. The van der Waals surface area contributed by atoms with E-state index in [9.17, 15) is 0 Å². The van der Waals surface area contributed by atoms with Crippen molar-refractivity contribution in [2.45, 2.75) is 37.7 Å². The molecule has 0 aromatic carbocycles. The topological polar surface area (TPSA) is 118 Å². The second-order valence-corrected chi connectivity index (χ2v) is 7.04. The summed E-state index contributed by atoms with van der Waals surface area (Å²) < 4.78 is 0. The minimum atomic E-state index is 0.331. The molecular formula is C16H24N8S. The third kappa shape index (κ3) is 6.89. The summed E-state index contributed by atoms with van der Waals surface area (Å²) in [6, 6.07) is 0. The largest absolute Gasteiger partial charge is 0.356 e. The van der Waals surface area contributed by atoms with Crippen LogP contribution in [0.15, 0.2) is 23.8 Å². The van der Waals surface area contributed by atoms with Crippen molar-refractivity contribution in [3.8, 4) is 6.19 Å². The third-order valence-electron chi connectivity index (χ3n) is 3.58. The Hall–Kier alpha value is -2.47. The Morgan fingerprint density at radius 2 is 2.32 bits per heavy atom. The first-order valence-electron chi connectivity index (χ1n) is 8.20. The molecule has 25 heavy (non-hydrogen) atoms. The van der Waals surface area contributed by atoms with Crippen LogP contribution in [0.4, 0.5) is 0 Å². The van der Waals surface area contributed by atoms with Gasteiger partial charge in [0.25, 0.3) is 0 Å². The van der Waals surface area contributed by atoms with Crippen LogP contribution in [-0.2, 0) is 12.2 Å². The first kappa shape index (κ1) is 18.9. The van der Waals surface area contributed by atoms with Gasteiger partial charge >= 0.3 is 0 Å². The zero-order chi connectivity index (χ0) is 17.9. The molecule has 0 saturated heterocycles. The molecule has 2 heterocycles. The number of aromatic nitrogens is 4. The van der Waals surface area contributed by atoms with Crippen molar-refractivity contribution in [1.82, 2.24) is 30.6 Å². The summed E-state index contributed by atoms with van der Waals surface area (Å²) in [5.41, 5.74) is 3.22. The highest BCUT2D eigenvalue weighted by Crippen LogP contribution is 2.18. The minimum Gasteiger partial charge on any atom is -0.356 e. The Balaban J connectivity index is 1.70. The van der Waals surface area contributed by atoms with Crippen molar-refractivity contribution in [1.29, 1.82) is 5.26 Å². The van der Waals surface area contributed by atoms with Crippen LogP contribution in [0.3, 0.4) is 0 Å². The summed E-state index contributed by atoms with van der Waals surface area (Å²) in [6.07, 6.45) is 9.01. The molecule has 0 aliphatic carbocycles. The van der Waals surface area contributed by atoms with E-state index in [-0.39, 0.29) is 0 Å². The van der Waals surface area contributed by atoms with Crippen molar-refractivity contribution < 1.29 is 0 Å². The maximum absolute atomic E-state index is 8.85. The highest BCUT2D eigenvalue weighted by atomic mass is 32.2. The number of nitriles is 1. The lowest BCUT2D eigenvalue weighted by molar-refractivity contribution is 0.748. The van der Waals surface area contributed by atoms with Gasteiger partial charge in [-0.15, -0.1) is 0 Å². The number of nitrogens with one attached hydrogen (secondary N) is 4. The zero-order valence-corrected chi connectivity index (χ0v) is 15.4. The van der Waals surface area contributed by atoms with Crippen molar-refractivity contribution in [2.24, 2.45) is 4.99 Å². The van der Waals surface area contributed by atoms with Crippen LogP contribution in [0.25, 0.3) is 0 Å². The number of aromatic amines is 2. The molecule has 0 radical (unpaired) electrons. The molecule has 0 bridgehead atoms. The number of imidazole rings is 2. The van der Waals surface area contributed by atoms with Gasteiger partial charge in [-0.1, -0.05) is 6.92 Å². The summed E-state index contributed by atoms with van der Waals surface area (Å²) in [4.78, 5) is 19.0. The Bertz CT molecular complexity index is 685. The van der Waals surface area contributed by atoms with Gasteiger partial charge in [0.05, 0.1) is 30.6 Å². The fourth-order valence-corrected chi connectivity index (χ4v) is 3.04. The van der Waals surface area contributed by atoms with E-state index in [1.54, 1.807) is 24.4 Å². The van der Waals surface area contributed by atoms with Crippen LogP contribution in [0.1, 0.15) is 30.4 Å². The van der Waals surface area contributed by atoms with E-state index >= 15 is 0 Å². The number of hydrogen-bond donors (Lipinski definition) is 4. The quantitative estimate of drug-likeness (QED) is 0.178. The molecule has 0 aliphatic heterocycles. The average molecular weight is 360 g/mol. The monoisotopic (exact) mass is 360 g/mol. The number of guanidine groups is 1. The SMILES string of the molecule is Cc1[nH]cnc1CS[C@H](C)CN=C(NC#N)NCCCc1c[nH]cn1. The van der Waals surface area contributed by atoms with Crippen molar-refractivity contribution >= 4 is 17.7 Å². The molecule has 0 aliphatic rings. The van der Waals surface area contributed by atoms with Crippen LogP contribution in [0, 0.1) is 18.4 Å². The smallest absolute Gasteiger partial charge is 0.204 e. The number of hydrogen-bond acceptors (Lipinski definition) is 5. The lowest BCUT2D eigenvalue weighted by Crippen LogP contribution is -2.35. The molecule has 8 nitrogen and oxygen atoms in total. The van der Waals surface area contributed by atoms with E-state index in [4.69, 9.17) is 5.26 Å². The van der Waals surface area contributed by atoms with Crippen LogP contribution in [0.5, 0.6) is 0 Å². The molecular weight excluding hydrogens is 336 g/mol. The van der Waals surface area contributed by atoms with Gasteiger partial charge in [0, 0.05) is 29.4 Å². The maximum atomic E-state index is 8.85. The van der Waals surface area contributed by atoms with Gasteiger partial charge in [0.1, 0.15) is 0 Å². The van der Waals surface area contributed by atoms with E-state index in [1.807, 2.05) is 19.3 Å². The molecule has 0 amide bonds. The lowest BCUT2D eigenvalue weighted by Gasteiger charge is -2.11. The van der Waals surface area contributed by atoms with E-state index in [2.05, 4.69) is 42.5 Å². The fraction of sp³-hybridized carbons (Fsp3) is 0.500. The molecule has 2 rings (SSSR count). The summed E-state index contributed by atoms with van der Waals surface area (Å²) in [5, 5.41) is 15.0. The van der Waals surface area contributed by atoms with E-state index in [0.29, 0.717) is 17.8 Å². The highest BCUT2D eigenvalue weighted by Gasteiger charge is 2.07. The van der Waals surface area contributed by atoms with E-state index < -0.39 is 0 Å². The summed E-state index contributed by atoms with van der Waals surface area (Å²) in [6.45, 7) is 5.50. The molecule has 2 aromatic rings. The van der Waals surface area contributed by atoms with Crippen LogP contribution in [-0.4, -0.2) is 44.2 Å². The summed E-state index contributed by atoms with van der Waals surface area (Å²) in [7, 11) is 0. The number of aliphatic imine (C=N–C) groups is 1. The Labute approximate surface area is 152 Å². The minimum absolute atomic E-state index is 0.331. The number of thioether (sulfide) groups is 1. The zero-order valence-electron chi connectivity index (χ0n) is 14.5. The van der Waals surface area contributed by atoms with Crippen LogP contribution >= 0.6 is 11.8 Å². The average Bonchev–Trinajstić information content (AvgIpc) is 3.26. The Morgan fingerprint density at radius 3 is 3.00 bits per heavy atom. The number of rotatable bonds is 9. The maximum Gasteiger partial charge on any atom is 0.204 e. The van der Waals surface area contributed by atoms with Crippen molar-refractivity contribution in [3.63, 3.8) is 0 Å². The van der Waals surface area contributed by atoms with Gasteiger partial charge in [-0.05, 0) is 19.8 Å². The van der Waals surface area contributed by atoms with Crippen molar-refractivity contribution in [2.75, 3.05) is 13.1 Å². The molecule has 0 fully saturated rings. The van der Waals surface area contributed by atoms with E-state index in [0.717, 1.165) is 42.2 Å². The van der Waals surface area contributed by atoms with Crippen LogP contribution < -0.4 is 10.6 Å². The second-order valence-electron chi connectivity index (χ2n) is 5.61. The lowest BCUT2D eigenvalue weighted by atomic mass is 10.2. The van der Waals surface area contributed by atoms with Gasteiger partial charge in [0.2, 0.25) is 5.96 Å². The predicted molar refractivity (Wildman–Crippen MR) is 100 cm³/mol. The number of aryl methyl sites for hydroxylation is 2. The molecule has 1 atom stereocenters. The normalized spacial score (nSPS) is 12.6. The number of H-pyrrole nitrogens is 2. The van der Waals surface area contributed by atoms with Gasteiger partial charge < -0.3 is 15.3 Å². The first-order chi connectivity index (χ1) is 12.2. The van der Waals surface area contributed by atoms with Gasteiger partial charge in [0.15, 0.2) is 6.19 Å². The molecule has 0 spiro atoms. The molecule has 0 unspecified atom stereocenters. The number of nitrogens with zero attached hydrogens (tertiary/aromatic N) is 4. The summed E-state index contributed by atoms with van der Waals surface area (Å²) in [5.74, 6) is 1.37. The summed E-state index contributed by atoms with van der Waals surface area (Å²) >= 11 is 1.80. The Kier molecular flexibility index (Phi) is 7.85. The predicted octanol–water partition coefficient (Wildman–Crippen LogP) is 1.71. The van der Waals surface area contributed by atoms with E-state index in [1.165, 1.54) is 0 Å². The molecule has 4 N–H and O–H groups in total. The van der Waals surface area contributed by atoms with Gasteiger partial charge in [-0.25, -0.2) is 9.97 Å². The molecule has 9 heteroatoms. The first-order valence-corrected chi connectivity index (χ1v) is 9.25. The highest BCUT2D eigenvalue weighted by molar-refractivity contribution is 7.99. The third-order valence-corrected chi connectivity index (χ3v) is 4.73.